The quantitative estimate of drug-likeness (QED) is 0.899. The molecule has 94 valence electrons. The summed E-state index contributed by atoms with van der Waals surface area (Å²) in [7, 11) is 0. The molecule has 1 aliphatic rings. The van der Waals surface area contributed by atoms with Gasteiger partial charge in [0.05, 0.1) is 17.9 Å². The van der Waals surface area contributed by atoms with Gasteiger partial charge in [-0.25, -0.2) is 0 Å². The number of rotatable bonds is 3. The van der Waals surface area contributed by atoms with E-state index in [1.54, 1.807) is 0 Å². The van der Waals surface area contributed by atoms with Gasteiger partial charge in [-0.15, -0.1) is 0 Å². The van der Waals surface area contributed by atoms with Crippen LogP contribution in [0, 0.1) is 12.8 Å². The van der Waals surface area contributed by atoms with Crippen LogP contribution in [-0.4, -0.2) is 26.5 Å². The Balaban J connectivity index is 1.78. The molecule has 1 aliphatic carbocycles. The van der Waals surface area contributed by atoms with Crippen molar-refractivity contribution in [2.75, 3.05) is 6.61 Å². The number of pyridine rings is 1. The highest BCUT2D eigenvalue weighted by Crippen LogP contribution is 2.37. The predicted octanol–water partition coefficient (Wildman–Crippen LogP) is 2.20. The van der Waals surface area contributed by atoms with Crippen molar-refractivity contribution in [1.82, 2.24) is 14.8 Å². The fraction of sp³-hybridized carbons (Fsp3) is 0.429. The molecule has 2 heterocycles. The van der Waals surface area contributed by atoms with Crippen molar-refractivity contribution >= 4 is 0 Å². The molecule has 1 fully saturated rings. The lowest BCUT2D eigenvalue weighted by Crippen LogP contribution is -2.29. The van der Waals surface area contributed by atoms with Gasteiger partial charge < -0.3 is 5.11 Å². The molecule has 4 nitrogen and oxygen atoms in total. The summed E-state index contributed by atoms with van der Waals surface area (Å²) >= 11 is 0. The van der Waals surface area contributed by atoms with E-state index in [0.29, 0.717) is 18.6 Å². The molecule has 2 aromatic rings. The minimum Gasteiger partial charge on any atom is -0.396 e. The highest BCUT2D eigenvalue weighted by atomic mass is 16.3. The van der Waals surface area contributed by atoms with Gasteiger partial charge >= 0.3 is 0 Å². The van der Waals surface area contributed by atoms with E-state index in [4.69, 9.17) is 5.11 Å². The molecule has 0 amide bonds. The van der Waals surface area contributed by atoms with Crippen molar-refractivity contribution in [3.8, 4) is 11.3 Å². The largest absolute Gasteiger partial charge is 0.396 e. The predicted molar refractivity (Wildman–Crippen MR) is 69.0 cm³/mol. The lowest BCUT2D eigenvalue weighted by Gasteiger charge is -2.33. The maximum absolute atomic E-state index is 9.02. The van der Waals surface area contributed by atoms with Crippen LogP contribution in [0.1, 0.15) is 24.6 Å². The van der Waals surface area contributed by atoms with Gasteiger partial charge in [-0.1, -0.05) is 6.07 Å². The second-order valence-electron chi connectivity index (χ2n) is 5.05. The topological polar surface area (TPSA) is 50.9 Å². The number of nitrogens with zero attached hydrogens (tertiary/aromatic N) is 3. The smallest absolute Gasteiger partial charge is 0.0736 e. The summed E-state index contributed by atoms with van der Waals surface area (Å²) < 4.78 is 2.01. The third-order valence-electron chi connectivity index (χ3n) is 3.63. The van der Waals surface area contributed by atoms with Crippen molar-refractivity contribution < 1.29 is 5.11 Å². The Labute approximate surface area is 106 Å². The molecule has 0 unspecified atom stereocenters. The Morgan fingerprint density at radius 1 is 1.39 bits per heavy atom. The summed E-state index contributed by atoms with van der Waals surface area (Å²) in [5, 5.41) is 13.4. The summed E-state index contributed by atoms with van der Waals surface area (Å²) in [6.07, 6.45) is 5.98. The Bertz CT molecular complexity index is 543. The second kappa shape index (κ2) is 4.53. The lowest BCUT2D eigenvalue weighted by atomic mass is 9.81. The van der Waals surface area contributed by atoms with Crippen molar-refractivity contribution in [3.63, 3.8) is 0 Å². The number of aryl methyl sites for hydroxylation is 1. The van der Waals surface area contributed by atoms with Crippen molar-refractivity contribution in [2.24, 2.45) is 5.92 Å². The second-order valence-corrected chi connectivity index (χ2v) is 5.05. The summed E-state index contributed by atoms with van der Waals surface area (Å²) in [4.78, 5) is 4.50. The van der Waals surface area contributed by atoms with E-state index >= 15 is 0 Å². The maximum atomic E-state index is 9.02. The molecular formula is C14H17N3O. The molecule has 0 saturated heterocycles. The molecule has 18 heavy (non-hydrogen) atoms. The van der Waals surface area contributed by atoms with Crippen LogP contribution < -0.4 is 0 Å². The van der Waals surface area contributed by atoms with Crippen LogP contribution in [-0.2, 0) is 0 Å². The zero-order chi connectivity index (χ0) is 12.5. The molecule has 0 spiro atoms. The molecule has 4 heteroatoms. The summed E-state index contributed by atoms with van der Waals surface area (Å²) in [6, 6.07) is 6.46. The Hall–Kier alpha value is -1.68. The average molecular weight is 243 g/mol. The van der Waals surface area contributed by atoms with E-state index in [0.717, 1.165) is 29.8 Å². The summed E-state index contributed by atoms with van der Waals surface area (Å²) in [6.45, 7) is 2.29. The third-order valence-corrected chi connectivity index (χ3v) is 3.63. The highest BCUT2D eigenvalue weighted by Gasteiger charge is 2.30. The number of aliphatic hydroxyl groups is 1. The lowest BCUT2D eigenvalue weighted by molar-refractivity contribution is 0.105. The first-order valence-electron chi connectivity index (χ1n) is 6.35. The molecule has 0 radical (unpaired) electrons. The van der Waals surface area contributed by atoms with Gasteiger partial charge in [0.15, 0.2) is 0 Å². The monoisotopic (exact) mass is 243 g/mol. The first-order chi connectivity index (χ1) is 8.76. The van der Waals surface area contributed by atoms with Crippen LogP contribution in [0.15, 0.2) is 30.6 Å². The number of hydrogen-bond donors (Lipinski definition) is 1. The summed E-state index contributed by atoms with van der Waals surface area (Å²) in [5.74, 6) is 0.458. The standard InChI is InChI=1S/C14H17N3O/c1-10-3-2-4-14(16-10)12-7-15-17(8-12)13-5-11(6-13)9-18/h2-4,7-8,11,13,18H,5-6,9H2,1H3. The van der Waals surface area contributed by atoms with E-state index in [-0.39, 0.29) is 0 Å². The van der Waals surface area contributed by atoms with Gasteiger partial charge in [0, 0.05) is 24.1 Å². The van der Waals surface area contributed by atoms with Gasteiger partial charge in [-0.3, -0.25) is 9.67 Å². The average Bonchev–Trinajstić information content (AvgIpc) is 2.77. The number of hydrogen-bond acceptors (Lipinski definition) is 3. The Kier molecular flexibility index (Phi) is 2.88. The number of aliphatic hydroxyl groups excluding tert-OH is 1. The van der Waals surface area contributed by atoms with Crippen molar-refractivity contribution in [2.45, 2.75) is 25.8 Å². The number of aromatic nitrogens is 3. The molecular weight excluding hydrogens is 226 g/mol. The Morgan fingerprint density at radius 3 is 2.94 bits per heavy atom. The molecule has 2 aromatic heterocycles. The SMILES string of the molecule is Cc1cccc(-c2cnn(C3CC(CO)C3)c2)n1. The van der Waals surface area contributed by atoms with Crippen LogP contribution >= 0.6 is 0 Å². The van der Waals surface area contributed by atoms with E-state index in [9.17, 15) is 0 Å². The molecule has 1 N–H and O–H groups in total. The first-order valence-corrected chi connectivity index (χ1v) is 6.35. The maximum Gasteiger partial charge on any atom is 0.0736 e. The fourth-order valence-corrected chi connectivity index (χ4v) is 2.44. The minimum atomic E-state index is 0.296. The fourth-order valence-electron chi connectivity index (χ4n) is 2.44. The first kappa shape index (κ1) is 11.4. The Morgan fingerprint density at radius 2 is 2.22 bits per heavy atom. The molecule has 0 bridgehead atoms. The van der Waals surface area contributed by atoms with Crippen molar-refractivity contribution in [3.05, 3.63) is 36.3 Å². The van der Waals surface area contributed by atoms with Gasteiger partial charge in [0.2, 0.25) is 0 Å². The van der Waals surface area contributed by atoms with Crippen LogP contribution in [0.25, 0.3) is 11.3 Å². The van der Waals surface area contributed by atoms with E-state index < -0.39 is 0 Å². The van der Waals surface area contributed by atoms with Gasteiger partial charge in [-0.05, 0) is 37.8 Å². The molecule has 0 atom stereocenters. The minimum absolute atomic E-state index is 0.296. The van der Waals surface area contributed by atoms with Gasteiger partial charge in [0.1, 0.15) is 0 Å². The van der Waals surface area contributed by atoms with Crippen LogP contribution in [0.2, 0.25) is 0 Å². The van der Waals surface area contributed by atoms with Gasteiger partial charge in [0.25, 0.3) is 0 Å². The molecule has 0 aromatic carbocycles. The molecule has 0 aliphatic heterocycles. The summed E-state index contributed by atoms with van der Waals surface area (Å²) in [5.41, 5.74) is 3.05. The molecule has 1 saturated carbocycles. The third kappa shape index (κ3) is 2.04. The normalized spacial score (nSPS) is 22.8. The zero-order valence-electron chi connectivity index (χ0n) is 10.5. The highest BCUT2D eigenvalue weighted by molar-refractivity contribution is 5.56. The van der Waals surface area contributed by atoms with Crippen LogP contribution in [0.4, 0.5) is 0 Å². The van der Waals surface area contributed by atoms with Crippen LogP contribution in [0.5, 0.6) is 0 Å². The van der Waals surface area contributed by atoms with Crippen molar-refractivity contribution in [1.29, 1.82) is 0 Å². The van der Waals surface area contributed by atoms with E-state index in [1.165, 1.54) is 0 Å². The van der Waals surface area contributed by atoms with E-state index in [2.05, 4.69) is 16.3 Å². The van der Waals surface area contributed by atoms with E-state index in [1.807, 2.05) is 36.0 Å². The van der Waals surface area contributed by atoms with Crippen LogP contribution in [0.3, 0.4) is 0 Å². The zero-order valence-corrected chi connectivity index (χ0v) is 10.5. The molecule has 3 rings (SSSR count). The van der Waals surface area contributed by atoms with Gasteiger partial charge in [-0.2, -0.15) is 5.10 Å².